The van der Waals surface area contributed by atoms with E-state index in [4.69, 9.17) is 0 Å². The lowest BCUT2D eigenvalue weighted by Crippen LogP contribution is -2.40. The highest BCUT2D eigenvalue weighted by molar-refractivity contribution is 5.97. The molecule has 4 amide bonds. The Hall–Kier alpha value is -6.33. The van der Waals surface area contributed by atoms with E-state index < -0.39 is 11.0 Å². The van der Waals surface area contributed by atoms with Gasteiger partial charge in [0.15, 0.2) is 0 Å². The molecule has 0 bridgehead atoms. The van der Waals surface area contributed by atoms with Crippen molar-refractivity contribution in [3.63, 3.8) is 0 Å². The quantitative estimate of drug-likeness (QED) is 0.0880. The monoisotopic (exact) mass is 644 g/mol. The number of nitro groups is 1. The van der Waals surface area contributed by atoms with E-state index in [9.17, 15) is 24.5 Å². The van der Waals surface area contributed by atoms with Gasteiger partial charge in [-0.3, -0.25) is 19.7 Å². The summed E-state index contributed by atoms with van der Waals surface area (Å²) in [4.78, 5) is 48.6. The van der Waals surface area contributed by atoms with Crippen molar-refractivity contribution in [3.8, 4) is 0 Å². The van der Waals surface area contributed by atoms with Crippen molar-refractivity contribution in [1.29, 1.82) is 0 Å². The summed E-state index contributed by atoms with van der Waals surface area (Å²) in [5, 5.41) is 22.2. The van der Waals surface area contributed by atoms with Crippen molar-refractivity contribution in [1.82, 2.24) is 10.2 Å². The Morgan fingerprint density at radius 2 is 1.02 bits per heavy atom. The fourth-order valence-corrected chi connectivity index (χ4v) is 4.41. The van der Waals surface area contributed by atoms with Gasteiger partial charge in [-0.25, -0.2) is 4.79 Å². The first kappa shape index (κ1) is 34.5. The van der Waals surface area contributed by atoms with Gasteiger partial charge >= 0.3 is 6.03 Å². The molecule has 244 valence electrons. The molecule has 0 aromatic heterocycles. The summed E-state index contributed by atoms with van der Waals surface area (Å²) in [6, 6.07) is 42.7. The maximum Gasteiger partial charge on any atom is 0.322 e. The number of benzene rings is 5. The number of non-ortho nitro benzene ring substituents is 1. The molecule has 0 saturated carbocycles. The van der Waals surface area contributed by atoms with Crippen LogP contribution in [0.4, 0.5) is 27.5 Å². The van der Waals surface area contributed by atoms with Gasteiger partial charge in [-0.2, -0.15) is 0 Å². The van der Waals surface area contributed by atoms with E-state index in [0.29, 0.717) is 24.5 Å². The van der Waals surface area contributed by atoms with Crippen LogP contribution in [0, 0.1) is 10.1 Å². The number of anilines is 3. The Balaban J connectivity index is 0.000000246. The average molecular weight is 645 g/mol. The highest BCUT2D eigenvalue weighted by atomic mass is 16.6. The molecule has 0 radical (unpaired) electrons. The molecule has 0 fully saturated rings. The van der Waals surface area contributed by atoms with Crippen LogP contribution in [0.3, 0.4) is 0 Å². The normalized spacial score (nSPS) is 10.1. The van der Waals surface area contributed by atoms with E-state index in [1.54, 1.807) is 24.3 Å². The second-order valence-corrected chi connectivity index (χ2v) is 10.5. The summed E-state index contributed by atoms with van der Waals surface area (Å²) < 4.78 is 0. The van der Waals surface area contributed by atoms with Crippen LogP contribution in [0.25, 0.3) is 0 Å². The van der Waals surface area contributed by atoms with Crippen LogP contribution in [0.5, 0.6) is 0 Å². The zero-order chi connectivity index (χ0) is 34.0. The zero-order valence-electron chi connectivity index (χ0n) is 26.1. The third-order valence-corrected chi connectivity index (χ3v) is 6.74. The second-order valence-electron chi connectivity index (χ2n) is 10.5. The van der Waals surface area contributed by atoms with E-state index in [-0.39, 0.29) is 30.6 Å². The SMILES string of the molecule is O=C(CN(Cc1ccccc1)C(=O)Nc1ccc([N+](=O)[O-])cc1)Nc1ccccc1.O=C(CNCc1ccccc1)Nc1ccccc1. The standard InChI is InChI=1S/C22H20N4O4.C15H16N2O/c27-21(23-18-9-5-2-6-10-18)16-25(15-17-7-3-1-4-8-17)22(28)24-19-11-13-20(14-12-19)26(29)30;18-15(17-14-9-5-2-6-10-14)12-16-11-13-7-3-1-4-8-13/h1-14H,15-16H2,(H,23,27)(H,24,28);1-10,16H,11-12H2,(H,17,18). The number of urea groups is 1. The van der Waals surface area contributed by atoms with Crippen molar-refractivity contribution in [2.24, 2.45) is 0 Å². The maximum absolute atomic E-state index is 12.8. The molecule has 4 N–H and O–H groups in total. The number of amides is 4. The fourth-order valence-electron chi connectivity index (χ4n) is 4.41. The molecule has 11 heteroatoms. The topological polar surface area (TPSA) is 146 Å². The fraction of sp³-hybridized carbons (Fsp3) is 0.108. The molecule has 0 aliphatic rings. The summed E-state index contributed by atoms with van der Waals surface area (Å²) in [5.41, 5.74) is 3.82. The van der Waals surface area contributed by atoms with E-state index in [1.165, 1.54) is 34.7 Å². The minimum Gasteiger partial charge on any atom is -0.325 e. The van der Waals surface area contributed by atoms with Gasteiger partial charge in [0.2, 0.25) is 11.8 Å². The number of para-hydroxylation sites is 2. The first-order valence-corrected chi connectivity index (χ1v) is 15.1. The predicted octanol–water partition coefficient (Wildman–Crippen LogP) is 6.68. The van der Waals surface area contributed by atoms with Crippen LogP contribution in [0.15, 0.2) is 146 Å². The molecule has 5 aromatic rings. The van der Waals surface area contributed by atoms with Crippen LogP contribution in [-0.2, 0) is 22.7 Å². The largest absolute Gasteiger partial charge is 0.325 e. The van der Waals surface area contributed by atoms with Crippen molar-refractivity contribution in [2.75, 3.05) is 29.0 Å². The van der Waals surface area contributed by atoms with Gasteiger partial charge in [0.25, 0.3) is 5.69 Å². The lowest BCUT2D eigenvalue weighted by molar-refractivity contribution is -0.384. The molecule has 0 spiro atoms. The molecule has 5 rings (SSSR count). The predicted molar refractivity (Wildman–Crippen MR) is 187 cm³/mol. The lowest BCUT2D eigenvalue weighted by atomic mass is 10.2. The summed E-state index contributed by atoms with van der Waals surface area (Å²) >= 11 is 0. The molecule has 11 nitrogen and oxygen atoms in total. The van der Waals surface area contributed by atoms with Crippen molar-refractivity contribution < 1.29 is 19.3 Å². The number of hydrogen-bond donors (Lipinski definition) is 4. The molecular weight excluding hydrogens is 608 g/mol. The van der Waals surface area contributed by atoms with E-state index in [2.05, 4.69) is 21.3 Å². The second kappa shape index (κ2) is 18.6. The lowest BCUT2D eigenvalue weighted by Gasteiger charge is -2.23. The first-order chi connectivity index (χ1) is 23.4. The average Bonchev–Trinajstić information content (AvgIpc) is 3.10. The third-order valence-electron chi connectivity index (χ3n) is 6.74. The van der Waals surface area contributed by atoms with Gasteiger partial charge in [-0.15, -0.1) is 0 Å². The number of nitrogens with zero attached hydrogens (tertiary/aromatic N) is 2. The number of rotatable bonds is 12. The molecule has 48 heavy (non-hydrogen) atoms. The van der Waals surface area contributed by atoms with Crippen LogP contribution in [0.1, 0.15) is 11.1 Å². The molecule has 0 atom stereocenters. The number of hydrogen-bond acceptors (Lipinski definition) is 6. The van der Waals surface area contributed by atoms with E-state index in [0.717, 1.165) is 11.3 Å². The number of carbonyl (C=O) groups is 3. The van der Waals surface area contributed by atoms with Gasteiger partial charge in [-0.05, 0) is 47.5 Å². The van der Waals surface area contributed by atoms with Gasteiger partial charge in [0.1, 0.15) is 6.54 Å². The van der Waals surface area contributed by atoms with Crippen molar-refractivity contribution in [3.05, 3.63) is 167 Å². The van der Waals surface area contributed by atoms with Crippen molar-refractivity contribution in [2.45, 2.75) is 13.1 Å². The minimum absolute atomic E-state index is 0.0304. The summed E-state index contributed by atoms with van der Waals surface area (Å²) in [5.74, 6) is -0.367. The van der Waals surface area contributed by atoms with E-state index in [1.807, 2.05) is 97.1 Å². The Bertz CT molecular complexity index is 1740. The molecular formula is C37H36N6O5. The van der Waals surface area contributed by atoms with Gasteiger partial charge in [0, 0.05) is 42.3 Å². The maximum atomic E-state index is 12.8. The Labute approximate surface area is 278 Å². The molecule has 0 saturated heterocycles. The molecule has 0 heterocycles. The minimum atomic E-state index is -0.513. The first-order valence-electron chi connectivity index (χ1n) is 15.1. The third kappa shape index (κ3) is 12.2. The van der Waals surface area contributed by atoms with Crippen LogP contribution < -0.4 is 21.3 Å². The Morgan fingerprint density at radius 3 is 1.54 bits per heavy atom. The molecule has 0 unspecified atom stereocenters. The van der Waals surface area contributed by atoms with Crippen LogP contribution in [-0.4, -0.2) is 40.8 Å². The molecule has 0 aliphatic heterocycles. The highest BCUT2D eigenvalue weighted by Gasteiger charge is 2.18. The highest BCUT2D eigenvalue weighted by Crippen LogP contribution is 2.17. The molecule has 5 aromatic carbocycles. The number of carbonyl (C=O) groups excluding carboxylic acids is 3. The van der Waals surface area contributed by atoms with Crippen LogP contribution in [0.2, 0.25) is 0 Å². The van der Waals surface area contributed by atoms with Gasteiger partial charge in [-0.1, -0.05) is 97.1 Å². The Kier molecular flexibility index (Phi) is 13.4. The van der Waals surface area contributed by atoms with Crippen molar-refractivity contribution >= 4 is 40.6 Å². The van der Waals surface area contributed by atoms with E-state index >= 15 is 0 Å². The molecule has 0 aliphatic carbocycles. The number of nitro benzene ring substituents is 1. The summed E-state index contributed by atoms with van der Waals surface area (Å²) in [7, 11) is 0. The van der Waals surface area contributed by atoms with Gasteiger partial charge < -0.3 is 26.2 Å². The number of nitrogens with one attached hydrogen (secondary N) is 4. The Morgan fingerprint density at radius 1 is 0.562 bits per heavy atom. The zero-order valence-corrected chi connectivity index (χ0v) is 26.1. The summed E-state index contributed by atoms with van der Waals surface area (Å²) in [6.07, 6.45) is 0. The van der Waals surface area contributed by atoms with Gasteiger partial charge in [0.05, 0.1) is 11.5 Å². The van der Waals surface area contributed by atoms with Crippen LogP contribution >= 0.6 is 0 Å². The smallest absolute Gasteiger partial charge is 0.322 e. The summed E-state index contributed by atoms with van der Waals surface area (Å²) in [6.45, 7) is 1.07.